The molecule has 0 bridgehead atoms. The van der Waals surface area contributed by atoms with Crippen molar-refractivity contribution in [2.45, 2.75) is 46.9 Å². The highest BCUT2D eigenvalue weighted by molar-refractivity contribution is 14.1. The molecule has 6 aromatic rings. The molecule has 0 saturated heterocycles. The first kappa shape index (κ1) is 40.4. The summed E-state index contributed by atoms with van der Waals surface area (Å²) in [5.74, 6) is -1.14. The lowest BCUT2D eigenvalue weighted by molar-refractivity contribution is -0.147. The maximum atomic E-state index is 14.4. The Morgan fingerprint density at radius 1 is 0.789 bits per heavy atom. The number of fused-ring (bicyclic) bond motifs is 1. The number of ether oxygens (including phenoxy) is 1. The monoisotopic (exact) mass is 908 g/mol. The molecule has 6 aromatic carbocycles. The molecule has 7 nitrogen and oxygen atoms in total. The number of nitrogens with one attached hydrogen (secondary N) is 1. The number of carbonyl (C=O) groups excluding carboxylic acids is 2. The van der Waals surface area contributed by atoms with Crippen molar-refractivity contribution in [3.63, 3.8) is 0 Å². The van der Waals surface area contributed by atoms with Crippen molar-refractivity contribution in [3.8, 4) is 0 Å². The van der Waals surface area contributed by atoms with Gasteiger partial charge in [0.2, 0.25) is 0 Å². The van der Waals surface area contributed by atoms with Crippen LogP contribution in [-0.4, -0.2) is 44.0 Å². The van der Waals surface area contributed by atoms with Crippen LogP contribution in [0.5, 0.6) is 0 Å². The van der Waals surface area contributed by atoms with Crippen molar-refractivity contribution in [2.75, 3.05) is 12.8 Å². The van der Waals surface area contributed by atoms with Gasteiger partial charge in [0.15, 0.2) is 9.84 Å². The SMILES string of the molecule is CS(=O)(=O)c1cccc(C[C@H](NC(=O)c2c(CI)cc3c(c2Cl)CCN(C(c2ccccc2)(c2ccccc2)c2ccccc2)C3)C(=O)OCc2ccccc2)c1. The minimum atomic E-state index is -3.50. The van der Waals surface area contributed by atoms with Gasteiger partial charge >= 0.3 is 5.97 Å². The average Bonchev–Trinajstić information content (AvgIpc) is 3.24. The van der Waals surface area contributed by atoms with Gasteiger partial charge in [-0.05, 0) is 63.1 Å². The van der Waals surface area contributed by atoms with E-state index in [9.17, 15) is 18.0 Å². The van der Waals surface area contributed by atoms with E-state index in [4.69, 9.17) is 16.3 Å². The number of sulfone groups is 1. The second kappa shape index (κ2) is 17.8. The number of esters is 1. The standard InChI is InChI=1S/C47H42ClIN2O5S/c1-57(54,55)40-24-14-17-34(27-40)28-42(46(53)56-32-33-15-6-2-7-16-33)50-45(52)43-35(30-49)29-36-31-51(26-25-41(36)44(43)48)47(37-18-8-3-9-19-37,38-20-10-4-11-21-38)39-22-12-5-13-23-39/h2-24,27,29,42H,25-26,28,30-32H2,1H3,(H,50,52)/t42-/m0/s1. The normalized spacial score (nSPS) is 13.7. The van der Waals surface area contributed by atoms with Gasteiger partial charge in [0.1, 0.15) is 12.6 Å². The predicted octanol–water partition coefficient (Wildman–Crippen LogP) is 9.11. The van der Waals surface area contributed by atoms with Gasteiger partial charge in [-0.2, -0.15) is 0 Å². The number of amides is 1. The summed E-state index contributed by atoms with van der Waals surface area (Å²) in [6, 6.07) is 48.3. The molecule has 1 atom stereocenters. The largest absolute Gasteiger partial charge is 0.459 e. The molecule has 290 valence electrons. The summed E-state index contributed by atoms with van der Waals surface area (Å²) in [5, 5.41) is 3.31. The van der Waals surface area contributed by atoms with Crippen molar-refractivity contribution in [3.05, 3.63) is 207 Å². The number of benzene rings is 6. The summed E-state index contributed by atoms with van der Waals surface area (Å²) in [5.41, 5.74) is 7.20. The van der Waals surface area contributed by atoms with E-state index in [0.29, 0.717) is 40.1 Å². The summed E-state index contributed by atoms with van der Waals surface area (Å²) in [6.07, 6.45) is 1.73. The maximum Gasteiger partial charge on any atom is 0.329 e. The van der Waals surface area contributed by atoms with Crippen molar-refractivity contribution >= 4 is 55.9 Å². The Bertz CT molecular complexity index is 2370. The zero-order valence-electron chi connectivity index (χ0n) is 31.4. The highest BCUT2D eigenvalue weighted by Crippen LogP contribution is 2.46. The van der Waals surface area contributed by atoms with Crippen LogP contribution in [0, 0.1) is 0 Å². The molecule has 1 heterocycles. The van der Waals surface area contributed by atoms with Crippen molar-refractivity contribution in [2.24, 2.45) is 0 Å². The number of hydrogen-bond acceptors (Lipinski definition) is 6. The molecule has 10 heteroatoms. The van der Waals surface area contributed by atoms with Gasteiger partial charge in [0.25, 0.3) is 5.91 Å². The fraction of sp³-hybridized carbons (Fsp3) is 0.191. The fourth-order valence-electron chi connectivity index (χ4n) is 7.86. The molecule has 57 heavy (non-hydrogen) atoms. The fourth-order valence-corrected chi connectivity index (χ4v) is 9.58. The first-order chi connectivity index (χ1) is 27.6. The van der Waals surface area contributed by atoms with Crippen molar-refractivity contribution < 1.29 is 22.7 Å². The van der Waals surface area contributed by atoms with E-state index in [-0.39, 0.29) is 17.9 Å². The van der Waals surface area contributed by atoms with Crippen LogP contribution in [0.15, 0.2) is 157 Å². The smallest absolute Gasteiger partial charge is 0.329 e. The lowest BCUT2D eigenvalue weighted by Crippen LogP contribution is -2.50. The van der Waals surface area contributed by atoms with Crippen LogP contribution in [0.25, 0.3) is 0 Å². The molecule has 0 saturated carbocycles. The van der Waals surface area contributed by atoms with Crippen LogP contribution in [0.1, 0.15) is 54.9 Å². The zero-order valence-corrected chi connectivity index (χ0v) is 35.1. The van der Waals surface area contributed by atoms with E-state index in [1.54, 1.807) is 12.1 Å². The number of halogens is 2. The highest BCUT2D eigenvalue weighted by atomic mass is 127. The Morgan fingerprint density at radius 2 is 1.33 bits per heavy atom. The lowest BCUT2D eigenvalue weighted by atomic mass is 9.74. The minimum absolute atomic E-state index is 0.0142. The first-order valence-corrected chi connectivity index (χ1v) is 22.5. The quantitative estimate of drug-likeness (QED) is 0.0539. The maximum absolute atomic E-state index is 14.4. The molecule has 0 radical (unpaired) electrons. The van der Waals surface area contributed by atoms with Crippen molar-refractivity contribution in [1.29, 1.82) is 0 Å². The van der Waals surface area contributed by atoms with E-state index in [1.807, 2.05) is 48.5 Å². The predicted molar refractivity (Wildman–Crippen MR) is 233 cm³/mol. The molecule has 0 aliphatic carbocycles. The summed E-state index contributed by atoms with van der Waals surface area (Å²) < 4.78 is 30.9. The second-order valence-corrected chi connectivity index (χ2v) is 17.4. The number of hydrogen-bond donors (Lipinski definition) is 1. The van der Waals surface area contributed by atoms with Crippen LogP contribution >= 0.6 is 34.2 Å². The van der Waals surface area contributed by atoms with Gasteiger partial charge in [-0.3, -0.25) is 9.69 Å². The molecule has 0 unspecified atom stereocenters. The average molecular weight is 909 g/mol. The molecule has 1 aliphatic rings. The Morgan fingerprint density at radius 3 is 1.88 bits per heavy atom. The molecular formula is C47H42ClIN2O5S. The number of alkyl halides is 1. The summed E-state index contributed by atoms with van der Waals surface area (Å²) in [6.45, 7) is 1.24. The van der Waals surface area contributed by atoms with Crippen LogP contribution in [0.3, 0.4) is 0 Å². The van der Waals surface area contributed by atoms with Crippen molar-refractivity contribution in [1.82, 2.24) is 10.2 Å². The summed E-state index contributed by atoms with van der Waals surface area (Å²) >= 11 is 9.54. The van der Waals surface area contributed by atoms with E-state index in [2.05, 4.69) is 112 Å². The third-order valence-electron chi connectivity index (χ3n) is 10.5. The summed E-state index contributed by atoms with van der Waals surface area (Å²) in [7, 11) is -3.50. The Hall–Kier alpha value is -4.81. The molecule has 7 rings (SSSR count). The van der Waals surface area contributed by atoms with Gasteiger partial charge < -0.3 is 10.1 Å². The molecule has 1 aliphatic heterocycles. The summed E-state index contributed by atoms with van der Waals surface area (Å²) in [4.78, 5) is 30.8. The number of carbonyl (C=O) groups is 2. The Labute approximate surface area is 353 Å². The molecule has 1 amide bonds. The van der Waals surface area contributed by atoms with Crippen LogP contribution in [0.2, 0.25) is 5.02 Å². The van der Waals surface area contributed by atoms with Crippen LogP contribution in [0.4, 0.5) is 0 Å². The zero-order chi connectivity index (χ0) is 40.0. The van der Waals surface area contributed by atoms with E-state index in [0.717, 1.165) is 45.2 Å². The third-order valence-corrected chi connectivity index (χ3v) is 12.9. The van der Waals surface area contributed by atoms with Crippen LogP contribution < -0.4 is 5.32 Å². The number of nitrogens with zero attached hydrogens (tertiary/aromatic N) is 1. The molecule has 0 spiro atoms. The Balaban J connectivity index is 1.24. The Kier molecular flexibility index (Phi) is 12.6. The minimum Gasteiger partial charge on any atom is -0.459 e. The van der Waals surface area contributed by atoms with Crippen LogP contribution in [-0.2, 0) is 55.3 Å². The van der Waals surface area contributed by atoms with E-state index in [1.165, 1.54) is 12.1 Å². The number of rotatable bonds is 13. The van der Waals surface area contributed by atoms with Gasteiger partial charge in [0.05, 0.1) is 21.0 Å². The lowest BCUT2D eigenvalue weighted by Gasteiger charge is -2.48. The van der Waals surface area contributed by atoms with E-state index >= 15 is 0 Å². The molecular weight excluding hydrogens is 867 g/mol. The van der Waals surface area contributed by atoms with Gasteiger partial charge in [0, 0.05) is 30.2 Å². The second-order valence-electron chi connectivity index (χ2n) is 14.2. The molecule has 1 N–H and O–H groups in total. The molecule has 0 fully saturated rings. The van der Waals surface area contributed by atoms with E-state index < -0.39 is 33.3 Å². The first-order valence-electron chi connectivity index (χ1n) is 18.7. The highest BCUT2D eigenvalue weighted by Gasteiger charge is 2.44. The third kappa shape index (κ3) is 8.72. The molecule has 0 aromatic heterocycles. The van der Waals surface area contributed by atoms with Gasteiger partial charge in [-0.1, -0.05) is 174 Å². The van der Waals surface area contributed by atoms with Gasteiger partial charge in [-0.15, -0.1) is 0 Å². The topological polar surface area (TPSA) is 92.8 Å². The van der Waals surface area contributed by atoms with Gasteiger partial charge in [-0.25, -0.2) is 13.2 Å².